The van der Waals surface area contributed by atoms with Crippen LogP contribution in [-0.2, 0) is 22.6 Å². The SMILES string of the molecule is COC(=O)c1ncn2c1C(=O)N(c1cc(C)cc(C)c1)[C@](C)(C(=O)NCc1ccccc1OC)C2. The number of fused-ring (bicyclic) bond motifs is 1. The topological polar surface area (TPSA) is 103 Å². The fourth-order valence-electron chi connectivity index (χ4n) is 4.58. The molecule has 0 fully saturated rings. The van der Waals surface area contributed by atoms with Gasteiger partial charge in [0.25, 0.3) is 5.91 Å². The van der Waals surface area contributed by atoms with E-state index in [9.17, 15) is 14.4 Å². The van der Waals surface area contributed by atoms with Crippen LogP contribution < -0.4 is 15.0 Å². The second kappa shape index (κ2) is 9.25. The highest BCUT2D eigenvalue weighted by atomic mass is 16.5. The van der Waals surface area contributed by atoms with Crippen LogP contribution in [0.15, 0.2) is 48.8 Å². The minimum absolute atomic E-state index is 0.0802. The molecular weight excluding hydrogens is 448 g/mol. The lowest BCUT2D eigenvalue weighted by molar-refractivity contribution is -0.126. The summed E-state index contributed by atoms with van der Waals surface area (Å²) in [6, 6.07) is 13.1. The molecule has 1 aromatic heterocycles. The van der Waals surface area contributed by atoms with E-state index in [1.54, 1.807) is 14.0 Å². The number of amides is 2. The largest absolute Gasteiger partial charge is 0.496 e. The molecule has 0 aliphatic carbocycles. The summed E-state index contributed by atoms with van der Waals surface area (Å²) in [6.07, 6.45) is 1.39. The first-order chi connectivity index (χ1) is 16.7. The number of carbonyl (C=O) groups excluding carboxylic acids is 3. The maximum atomic E-state index is 13.9. The smallest absolute Gasteiger partial charge is 0.359 e. The van der Waals surface area contributed by atoms with Crippen molar-refractivity contribution in [2.24, 2.45) is 0 Å². The van der Waals surface area contributed by atoms with Crippen LogP contribution in [0.4, 0.5) is 5.69 Å². The van der Waals surface area contributed by atoms with E-state index in [1.807, 2.05) is 56.3 Å². The van der Waals surface area contributed by atoms with Crippen LogP contribution in [0.2, 0.25) is 0 Å². The van der Waals surface area contributed by atoms with Gasteiger partial charge in [0.2, 0.25) is 5.91 Å². The summed E-state index contributed by atoms with van der Waals surface area (Å²) in [5.41, 5.74) is 1.96. The summed E-state index contributed by atoms with van der Waals surface area (Å²) >= 11 is 0. The molecule has 4 rings (SSSR count). The maximum absolute atomic E-state index is 13.9. The summed E-state index contributed by atoms with van der Waals surface area (Å²) in [5, 5.41) is 2.97. The number of esters is 1. The van der Waals surface area contributed by atoms with Crippen LogP contribution in [0.3, 0.4) is 0 Å². The number of anilines is 1. The van der Waals surface area contributed by atoms with Crippen molar-refractivity contribution >= 4 is 23.5 Å². The van der Waals surface area contributed by atoms with E-state index in [1.165, 1.54) is 22.9 Å². The lowest BCUT2D eigenvalue weighted by atomic mass is 9.92. The molecule has 3 aromatic rings. The van der Waals surface area contributed by atoms with Crippen molar-refractivity contribution in [2.45, 2.75) is 39.4 Å². The van der Waals surface area contributed by atoms with Crippen LogP contribution in [0.25, 0.3) is 0 Å². The summed E-state index contributed by atoms with van der Waals surface area (Å²) in [7, 11) is 2.81. The number of ether oxygens (including phenoxy) is 2. The Morgan fingerprint density at radius 1 is 1.11 bits per heavy atom. The van der Waals surface area contributed by atoms with Crippen molar-refractivity contribution in [3.05, 3.63) is 76.9 Å². The quantitative estimate of drug-likeness (QED) is 0.549. The molecular formula is C26H28N4O5. The van der Waals surface area contributed by atoms with Gasteiger partial charge in [0.15, 0.2) is 5.69 Å². The standard InChI is InChI=1S/C26H28N4O5/c1-16-10-17(2)12-19(11-16)30-23(31)22-21(24(32)35-5)28-15-29(22)14-26(30,3)25(33)27-13-18-8-6-7-9-20(18)34-4/h6-12,15H,13-14H2,1-5H3,(H,27,33)/t26-/m0/s1. The number of aromatic nitrogens is 2. The van der Waals surface area contributed by atoms with E-state index in [4.69, 9.17) is 9.47 Å². The Hall–Kier alpha value is -4.14. The first kappa shape index (κ1) is 24.0. The number of rotatable bonds is 6. The number of hydrogen-bond donors (Lipinski definition) is 1. The molecule has 1 atom stereocenters. The van der Waals surface area contributed by atoms with Crippen molar-refractivity contribution in [1.82, 2.24) is 14.9 Å². The van der Waals surface area contributed by atoms with Gasteiger partial charge in [-0.1, -0.05) is 24.3 Å². The Morgan fingerprint density at radius 2 is 1.80 bits per heavy atom. The Kier molecular flexibility index (Phi) is 6.34. The van der Waals surface area contributed by atoms with Gasteiger partial charge < -0.3 is 19.4 Å². The van der Waals surface area contributed by atoms with Crippen molar-refractivity contribution in [3.63, 3.8) is 0 Å². The van der Waals surface area contributed by atoms with Crippen molar-refractivity contribution < 1.29 is 23.9 Å². The van der Waals surface area contributed by atoms with E-state index in [2.05, 4.69) is 10.3 Å². The number of hydrogen-bond acceptors (Lipinski definition) is 6. The highest BCUT2D eigenvalue weighted by Crippen LogP contribution is 2.35. The fraction of sp³-hybridized carbons (Fsp3) is 0.308. The molecule has 0 saturated carbocycles. The number of methoxy groups -OCH3 is 2. The zero-order chi connectivity index (χ0) is 25.3. The third-order valence-corrected chi connectivity index (χ3v) is 6.18. The summed E-state index contributed by atoms with van der Waals surface area (Å²) < 4.78 is 11.8. The number of nitrogens with one attached hydrogen (secondary N) is 1. The summed E-state index contributed by atoms with van der Waals surface area (Å²) in [6.45, 7) is 5.88. The second-order valence-electron chi connectivity index (χ2n) is 8.82. The highest BCUT2D eigenvalue weighted by molar-refractivity contribution is 6.15. The number of imidazole rings is 1. The molecule has 0 radical (unpaired) electrons. The molecule has 182 valence electrons. The van der Waals surface area contributed by atoms with Gasteiger partial charge in [-0.2, -0.15) is 0 Å². The highest BCUT2D eigenvalue weighted by Gasteiger charge is 2.49. The Balaban J connectivity index is 1.78. The number of carbonyl (C=O) groups is 3. The number of para-hydroxylation sites is 1. The summed E-state index contributed by atoms with van der Waals surface area (Å²) in [5.74, 6) is -0.913. The number of benzene rings is 2. The van der Waals surface area contributed by atoms with Gasteiger partial charge in [-0.15, -0.1) is 0 Å². The molecule has 0 unspecified atom stereocenters. The maximum Gasteiger partial charge on any atom is 0.359 e. The number of aryl methyl sites for hydroxylation is 2. The monoisotopic (exact) mass is 476 g/mol. The Labute approximate surface area is 203 Å². The molecule has 35 heavy (non-hydrogen) atoms. The van der Waals surface area contributed by atoms with E-state index in [0.29, 0.717) is 11.4 Å². The van der Waals surface area contributed by atoms with E-state index in [-0.39, 0.29) is 30.4 Å². The van der Waals surface area contributed by atoms with Gasteiger partial charge in [0.1, 0.15) is 17.0 Å². The van der Waals surface area contributed by atoms with E-state index in [0.717, 1.165) is 16.7 Å². The molecule has 9 nitrogen and oxygen atoms in total. The van der Waals surface area contributed by atoms with Crippen LogP contribution in [0.1, 0.15) is 44.6 Å². The molecule has 2 aromatic carbocycles. The normalized spacial score (nSPS) is 17.1. The van der Waals surface area contributed by atoms with E-state index >= 15 is 0 Å². The first-order valence-corrected chi connectivity index (χ1v) is 11.2. The zero-order valence-corrected chi connectivity index (χ0v) is 20.4. The minimum Gasteiger partial charge on any atom is -0.496 e. The predicted octanol–water partition coefficient (Wildman–Crippen LogP) is 3.03. The lowest BCUT2D eigenvalue weighted by Crippen LogP contribution is -2.64. The fourth-order valence-corrected chi connectivity index (χ4v) is 4.58. The molecule has 0 saturated heterocycles. The third kappa shape index (κ3) is 4.25. The molecule has 2 heterocycles. The second-order valence-corrected chi connectivity index (χ2v) is 8.82. The molecule has 2 amide bonds. The molecule has 9 heteroatoms. The molecule has 0 bridgehead atoms. The van der Waals surface area contributed by atoms with Gasteiger partial charge in [0.05, 0.1) is 27.1 Å². The Bertz CT molecular complexity index is 1290. The first-order valence-electron chi connectivity index (χ1n) is 11.2. The lowest BCUT2D eigenvalue weighted by Gasteiger charge is -2.43. The molecule has 1 aliphatic heterocycles. The molecule has 0 spiro atoms. The minimum atomic E-state index is -1.31. The third-order valence-electron chi connectivity index (χ3n) is 6.18. The van der Waals surface area contributed by atoms with Gasteiger partial charge in [0, 0.05) is 17.8 Å². The van der Waals surface area contributed by atoms with Crippen LogP contribution >= 0.6 is 0 Å². The van der Waals surface area contributed by atoms with E-state index < -0.39 is 17.4 Å². The van der Waals surface area contributed by atoms with Gasteiger partial charge in [-0.05, 0) is 50.1 Å². The summed E-state index contributed by atoms with van der Waals surface area (Å²) in [4.78, 5) is 45.5. The van der Waals surface area contributed by atoms with Crippen LogP contribution in [0.5, 0.6) is 5.75 Å². The van der Waals surface area contributed by atoms with Crippen molar-refractivity contribution in [2.75, 3.05) is 19.1 Å². The number of nitrogens with zero attached hydrogens (tertiary/aromatic N) is 3. The van der Waals surface area contributed by atoms with Gasteiger partial charge in [-0.25, -0.2) is 9.78 Å². The van der Waals surface area contributed by atoms with Crippen molar-refractivity contribution in [1.29, 1.82) is 0 Å². The average Bonchev–Trinajstić information content (AvgIpc) is 3.25. The van der Waals surface area contributed by atoms with Crippen LogP contribution in [0, 0.1) is 13.8 Å². The van der Waals surface area contributed by atoms with Crippen LogP contribution in [-0.4, -0.2) is 47.1 Å². The average molecular weight is 477 g/mol. The Morgan fingerprint density at radius 3 is 2.46 bits per heavy atom. The van der Waals surface area contributed by atoms with Gasteiger partial charge >= 0.3 is 5.97 Å². The van der Waals surface area contributed by atoms with Crippen molar-refractivity contribution in [3.8, 4) is 5.75 Å². The predicted molar refractivity (Wildman–Crippen MR) is 130 cm³/mol. The molecule has 1 aliphatic rings. The molecule has 1 N–H and O–H groups in total. The van der Waals surface area contributed by atoms with Gasteiger partial charge in [-0.3, -0.25) is 14.5 Å². The zero-order valence-electron chi connectivity index (χ0n) is 20.4.